The number of carbonyl (C=O) groups is 1. The molecule has 0 bridgehead atoms. The van der Waals surface area contributed by atoms with Gasteiger partial charge < -0.3 is 0 Å². The summed E-state index contributed by atoms with van der Waals surface area (Å²) in [5.41, 5.74) is 0.497. The van der Waals surface area contributed by atoms with E-state index in [9.17, 15) is 4.79 Å². The van der Waals surface area contributed by atoms with Crippen molar-refractivity contribution in [3.63, 3.8) is 0 Å². The number of carbonyl (C=O) groups excluding carboxylic acids is 1. The molecule has 1 heterocycles. The second kappa shape index (κ2) is 5.63. The summed E-state index contributed by atoms with van der Waals surface area (Å²) in [6.07, 6.45) is 1.65. The van der Waals surface area contributed by atoms with Crippen molar-refractivity contribution in [2.45, 2.75) is 19.9 Å². The summed E-state index contributed by atoms with van der Waals surface area (Å²) in [4.78, 5) is 16.2. The highest BCUT2D eigenvalue weighted by atomic mass is 79.9. The third-order valence-electron chi connectivity index (χ3n) is 2.57. The fourth-order valence-corrected chi connectivity index (χ4v) is 2.24. The van der Waals surface area contributed by atoms with Gasteiger partial charge in [-0.25, -0.2) is 9.67 Å². The standard InChI is InChI=1S/C12H11BrClN3O/c1-2-17-11(15-7-16-17)6-10(18)8-4-3-5-9(13)12(8)14/h3-5,7H,2,6H2,1H3. The van der Waals surface area contributed by atoms with Crippen molar-refractivity contribution in [3.05, 3.63) is 45.4 Å². The van der Waals surface area contributed by atoms with E-state index in [0.29, 0.717) is 27.4 Å². The number of ketones is 1. The van der Waals surface area contributed by atoms with Crippen molar-refractivity contribution < 1.29 is 4.79 Å². The number of halogens is 2. The molecule has 4 nitrogen and oxygen atoms in total. The van der Waals surface area contributed by atoms with Crippen LogP contribution < -0.4 is 0 Å². The van der Waals surface area contributed by atoms with Gasteiger partial charge in [-0.1, -0.05) is 17.7 Å². The van der Waals surface area contributed by atoms with E-state index >= 15 is 0 Å². The second-order valence-corrected chi connectivity index (χ2v) is 4.93. The van der Waals surface area contributed by atoms with Crippen molar-refractivity contribution in [1.82, 2.24) is 14.8 Å². The molecule has 0 spiro atoms. The van der Waals surface area contributed by atoms with Crippen molar-refractivity contribution in [2.24, 2.45) is 0 Å². The minimum Gasteiger partial charge on any atom is -0.294 e. The van der Waals surface area contributed by atoms with E-state index in [2.05, 4.69) is 26.0 Å². The zero-order valence-corrected chi connectivity index (χ0v) is 12.1. The minimum absolute atomic E-state index is 0.0657. The molecule has 0 amide bonds. The Hall–Kier alpha value is -1.20. The van der Waals surface area contributed by atoms with E-state index in [0.717, 1.165) is 0 Å². The highest BCUT2D eigenvalue weighted by Gasteiger charge is 2.15. The molecule has 0 unspecified atom stereocenters. The quantitative estimate of drug-likeness (QED) is 0.810. The van der Waals surface area contributed by atoms with Crippen LogP contribution in [0, 0.1) is 0 Å². The largest absolute Gasteiger partial charge is 0.294 e. The van der Waals surface area contributed by atoms with E-state index in [1.807, 2.05) is 6.92 Å². The zero-order chi connectivity index (χ0) is 13.1. The number of aromatic nitrogens is 3. The van der Waals surface area contributed by atoms with Gasteiger partial charge in [0.15, 0.2) is 5.78 Å². The van der Waals surface area contributed by atoms with Gasteiger partial charge in [0.05, 0.1) is 11.4 Å². The van der Waals surface area contributed by atoms with Crippen LogP contribution >= 0.6 is 27.5 Å². The molecule has 0 saturated carbocycles. The number of nitrogens with zero attached hydrogens (tertiary/aromatic N) is 3. The summed E-state index contributed by atoms with van der Waals surface area (Å²) in [6, 6.07) is 5.30. The van der Waals surface area contributed by atoms with Crippen LogP contribution in [-0.2, 0) is 13.0 Å². The second-order valence-electron chi connectivity index (χ2n) is 3.69. The first-order valence-electron chi connectivity index (χ1n) is 5.47. The van der Waals surface area contributed by atoms with Crippen LogP contribution in [0.4, 0.5) is 0 Å². The summed E-state index contributed by atoms with van der Waals surface area (Å²) in [6.45, 7) is 2.64. The van der Waals surface area contributed by atoms with Gasteiger partial charge in [0.1, 0.15) is 12.2 Å². The van der Waals surface area contributed by atoms with Crippen molar-refractivity contribution in [3.8, 4) is 0 Å². The summed E-state index contributed by atoms with van der Waals surface area (Å²) in [5.74, 6) is 0.586. The maximum atomic E-state index is 12.2. The van der Waals surface area contributed by atoms with Crippen LogP contribution in [-0.4, -0.2) is 20.5 Å². The van der Waals surface area contributed by atoms with Gasteiger partial charge in [0.25, 0.3) is 0 Å². The maximum absolute atomic E-state index is 12.2. The lowest BCUT2D eigenvalue weighted by molar-refractivity contribution is 0.0989. The van der Waals surface area contributed by atoms with Crippen LogP contribution in [0.1, 0.15) is 23.1 Å². The smallest absolute Gasteiger partial charge is 0.171 e. The van der Waals surface area contributed by atoms with Gasteiger partial charge in [-0.15, -0.1) is 0 Å². The van der Waals surface area contributed by atoms with Crippen molar-refractivity contribution in [2.75, 3.05) is 0 Å². The first-order valence-corrected chi connectivity index (χ1v) is 6.64. The fourth-order valence-electron chi connectivity index (χ4n) is 1.65. The number of hydrogen-bond acceptors (Lipinski definition) is 3. The molecule has 0 aliphatic carbocycles. The predicted octanol–water partition coefficient (Wildman–Crippen LogP) is 3.14. The van der Waals surface area contributed by atoms with Crippen molar-refractivity contribution in [1.29, 1.82) is 0 Å². The van der Waals surface area contributed by atoms with Gasteiger partial charge in [-0.05, 0) is 35.0 Å². The van der Waals surface area contributed by atoms with Crippen LogP contribution in [0.3, 0.4) is 0 Å². The molecular formula is C12H11BrClN3O. The van der Waals surface area contributed by atoms with Gasteiger partial charge >= 0.3 is 0 Å². The molecule has 0 aliphatic rings. The summed E-state index contributed by atoms with van der Waals surface area (Å²) >= 11 is 9.39. The average molecular weight is 329 g/mol. The van der Waals surface area contributed by atoms with E-state index in [1.165, 1.54) is 6.33 Å². The van der Waals surface area contributed by atoms with Crippen LogP contribution in [0.5, 0.6) is 0 Å². The van der Waals surface area contributed by atoms with Gasteiger partial charge in [0.2, 0.25) is 0 Å². The fraction of sp³-hybridized carbons (Fsp3) is 0.250. The maximum Gasteiger partial charge on any atom is 0.171 e. The lowest BCUT2D eigenvalue weighted by atomic mass is 10.1. The number of Topliss-reactive ketones (excluding diaryl/α,β-unsaturated/α-hetero) is 1. The van der Waals surface area contributed by atoms with E-state index < -0.39 is 0 Å². The molecule has 18 heavy (non-hydrogen) atoms. The van der Waals surface area contributed by atoms with Crippen LogP contribution in [0.2, 0.25) is 5.02 Å². The molecular weight excluding hydrogens is 318 g/mol. The average Bonchev–Trinajstić information content (AvgIpc) is 2.79. The number of benzene rings is 1. The van der Waals surface area contributed by atoms with Gasteiger partial charge in [0, 0.05) is 16.6 Å². The Morgan fingerprint density at radius 3 is 3.00 bits per heavy atom. The lowest BCUT2D eigenvalue weighted by Crippen LogP contribution is -2.11. The molecule has 0 N–H and O–H groups in total. The van der Waals surface area contributed by atoms with E-state index in [1.54, 1.807) is 22.9 Å². The summed E-state index contributed by atoms with van der Waals surface area (Å²) in [5, 5.41) is 4.47. The lowest BCUT2D eigenvalue weighted by Gasteiger charge is -2.05. The van der Waals surface area contributed by atoms with E-state index in [4.69, 9.17) is 11.6 Å². The molecule has 0 fully saturated rings. The predicted molar refractivity (Wildman–Crippen MR) is 72.9 cm³/mol. The van der Waals surface area contributed by atoms with Crippen LogP contribution in [0.15, 0.2) is 29.0 Å². The molecule has 2 aromatic rings. The molecule has 1 aromatic carbocycles. The normalized spacial score (nSPS) is 10.6. The van der Waals surface area contributed by atoms with Crippen molar-refractivity contribution >= 4 is 33.3 Å². The first kappa shape index (κ1) is 13.2. The first-order chi connectivity index (χ1) is 8.63. The Balaban J connectivity index is 2.25. The Morgan fingerprint density at radius 2 is 2.28 bits per heavy atom. The number of aryl methyl sites for hydroxylation is 1. The molecule has 1 aromatic heterocycles. The highest BCUT2D eigenvalue weighted by molar-refractivity contribution is 9.10. The molecule has 2 rings (SSSR count). The van der Waals surface area contributed by atoms with Gasteiger partial charge in [-0.2, -0.15) is 5.10 Å². The molecule has 6 heteroatoms. The highest BCUT2D eigenvalue weighted by Crippen LogP contribution is 2.26. The molecule has 0 atom stereocenters. The SMILES string of the molecule is CCn1ncnc1CC(=O)c1cccc(Br)c1Cl. The molecule has 94 valence electrons. The summed E-state index contributed by atoms with van der Waals surface area (Å²) < 4.78 is 2.41. The topological polar surface area (TPSA) is 47.8 Å². The van der Waals surface area contributed by atoms with E-state index in [-0.39, 0.29) is 12.2 Å². The third-order valence-corrected chi connectivity index (χ3v) is 3.86. The molecule has 0 saturated heterocycles. The number of hydrogen-bond donors (Lipinski definition) is 0. The number of rotatable bonds is 4. The Kier molecular flexibility index (Phi) is 4.14. The molecule has 0 aliphatic heterocycles. The monoisotopic (exact) mass is 327 g/mol. The summed E-state index contributed by atoms with van der Waals surface area (Å²) in [7, 11) is 0. The zero-order valence-electron chi connectivity index (χ0n) is 9.73. The Labute approximate surface area is 118 Å². The Morgan fingerprint density at radius 1 is 1.50 bits per heavy atom. The molecule has 0 radical (unpaired) electrons. The third kappa shape index (κ3) is 2.62. The van der Waals surface area contributed by atoms with Crippen LogP contribution in [0.25, 0.3) is 0 Å². The minimum atomic E-state index is -0.0657. The Bertz CT molecular complexity index is 582. The van der Waals surface area contributed by atoms with Gasteiger partial charge in [-0.3, -0.25) is 4.79 Å².